The minimum Gasteiger partial charge on any atom is -0.459 e. The zero-order chi connectivity index (χ0) is 21.5. The Morgan fingerprint density at radius 2 is 1.81 bits per heavy atom. The molecule has 0 fully saturated rings. The van der Waals surface area contributed by atoms with Crippen molar-refractivity contribution in [3.63, 3.8) is 0 Å². The third kappa shape index (κ3) is 3.47. The molecule has 1 aliphatic carbocycles. The van der Waals surface area contributed by atoms with Crippen molar-refractivity contribution in [2.24, 2.45) is 4.99 Å². The van der Waals surface area contributed by atoms with Crippen molar-refractivity contribution in [3.05, 3.63) is 94.7 Å². The van der Waals surface area contributed by atoms with E-state index < -0.39 is 0 Å². The fourth-order valence-corrected chi connectivity index (χ4v) is 5.27. The summed E-state index contributed by atoms with van der Waals surface area (Å²) in [6.07, 6.45) is 6.41. The number of benzene rings is 3. The number of fused-ring (bicyclic) bond motifs is 4. The second-order valence-corrected chi connectivity index (χ2v) is 9.10. The van der Waals surface area contributed by atoms with E-state index >= 15 is 0 Å². The van der Waals surface area contributed by atoms with Gasteiger partial charge in [-0.05, 0) is 72.6 Å². The molecule has 4 aromatic rings. The maximum absolute atomic E-state index is 6.44. The summed E-state index contributed by atoms with van der Waals surface area (Å²) >= 11 is 0. The fourth-order valence-electron chi connectivity index (χ4n) is 5.27. The van der Waals surface area contributed by atoms with Gasteiger partial charge in [0, 0.05) is 29.8 Å². The van der Waals surface area contributed by atoms with Crippen LogP contribution in [0.1, 0.15) is 59.9 Å². The number of rotatable bonds is 4. The van der Waals surface area contributed by atoms with E-state index in [0.717, 1.165) is 37.2 Å². The largest absolute Gasteiger partial charge is 0.459 e. The predicted octanol–water partition coefficient (Wildman–Crippen LogP) is 6.80. The lowest BCUT2D eigenvalue weighted by molar-refractivity contribution is 0.353. The first-order chi connectivity index (χ1) is 15.8. The van der Waals surface area contributed by atoms with Crippen molar-refractivity contribution in [2.75, 3.05) is 6.54 Å². The van der Waals surface area contributed by atoms with Crippen LogP contribution in [0.2, 0.25) is 0 Å². The van der Waals surface area contributed by atoms with Crippen LogP contribution in [-0.2, 0) is 12.8 Å². The summed E-state index contributed by atoms with van der Waals surface area (Å²) in [6, 6.07) is 24.7. The van der Waals surface area contributed by atoms with Crippen LogP contribution in [0.5, 0.6) is 0 Å². The molecule has 0 spiro atoms. The molecule has 2 unspecified atom stereocenters. The van der Waals surface area contributed by atoms with Crippen LogP contribution in [0.4, 0.5) is 0 Å². The molecule has 0 bridgehead atoms. The number of aliphatic imine (C=N–C) groups is 1. The Morgan fingerprint density at radius 1 is 0.969 bits per heavy atom. The van der Waals surface area contributed by atoms with Crippen LogP contribution in [0, 0.1) is 0 Å². The van der Waals surface area contributed by atoms with Gasteiger partial charge in [-0.2, -0.15) is 0 Å². The van der Waals surface area contributed by atoms with Gasteiger partial charge in [0.25, 0.3) is 0 Å². The molecule has 3 heteroatoms. The van der Waals surface area contributed by atoms with E-state index in [-0.39, 0.29) is 12.1 Å². The average Bonchev–Trinajstić information content (AvgIpc) is 3.23. The lowest BCUT2D eigenvalue weighted by Crippen LogP contribution is -2.27. The smallest absolute Gasteiger partial charge is 0.134 e. The van der Waals surface area contributed by atoms with E-state index in [2.05, 4.69) is 84.0 Å². The van der Waals surface area contributed by atoms with Gasteiger partial charge >= 0.3 is 0 Å². The van der Waals surface area contributed by atoms with Crippen molar-refractivity contribution in [1.29, 1.82) is 0 Å². The van der Waals surface area contributed by atoms with E-state index in [1.165, 1.54) is 45.2 Å². The van der Waals surface area contributed by atoms with Crippen molar-refractivity contribution in [1.82, 2.24) is 5.32 Å². The van der Waals surface area contributed by atoms with Crippen molar-refractivity contribution >= 4 is 17.2 Å². The quantitative estimate of drug-likeness (QED) is 0.394. The molecular weight excluding hydrogens is 392 g/mol. The van der Waals surface area contributed by atoms with Crippen molar-refractivity contribution in [2.45, 2.75) is 44.7 Å². The molecule has 32 heavy (non-hydrogen) atoms. The van der Waals surface area contributed by atoms with Crippen LogP contribution in [0.15, 0.2) is 76.1 Å². The molecule has 1 N–H and O–H groups in total. The Balaban J connectivity index is 1.34. The highest BCUT2D eigenvalue weighted by molar-refractivity contribution is 5.89. The molecule has 2 aliphatic rings. The standard InChI is InChI=1S/C29H28N2O/c1-19(20-6-3-2-4-7-20)31-27-9-5-8-25-26-17-22(12-13-28(26)32-29(25)27)21-10-11-24-18-30-15-14-23(24)16-21/h2-4,6-7,10-13,16-19,27,31H,5,8-9,14-15H2,1H3. The monoisotopic (exact) mass is 420 g/mol. The summed E-state index contributed by atoms with van der Waals surface area (Å²) in [6.45, 7) is 3.13. The summed E-state index contributed by atoms with van der Waals surface area (Å²) in [7, 11) is 0. The second kappa shape index (κ2) is 8.07. The molecule has 0 radical (unpaired) electrons. The Bertz CT molecular complexity index is 1300. The number of furan rings is 1. The molecule has 2 atom stereocenters. The zero-order valence-corrected chi connectivity index (χ0v) is 18.5. The minimum atomic E-state index is 0.257. The molecule has 3 nitrogen and oxygen atoms in total. The highest BCUT2D eigenvalue weighted by atomic mass is 16.3. The first-order valence-electron chi connectivity index (χ1n) is 11.8. The summed E-state index contributed by atoms with van der Waals surface area (Å²) < 4.78 is 6.44. The molecule has 160 valence electrons. The number of hydrogen-bond donors (Lipinski definition) is 1. The minimum absolute atomic E-state index is 0.257. The molecular formula is C29H28N2O. The van der Waals surface area contributed by atoms with E-state index in [1.807, 2.05) is 6.21 Å². The van der Waals surface area contributed by atoms with Crippen LogP contribution in [0.25, 0.3) is 22.1 Å². The third-order valence-corrected chi connectivity index (χ3v) is 7.03. The molecule has 3 aromatic carbocycles. The third-order valence-electron chi connectivity index (χ3n) is 7.03. The highest BCUT2D eigenvalue weighted by Gasteiger charge is 2.28. The number of hydrogen-bond acceptors (Lipinski definition) is 3. The Morgan fingerprint density at radius 3 is 2.72 bits per heavy atom. The lowest BCUT2D eigenvalue weighted by atomic mass is 9.90. The summed E-state index contributed by atoms with van der Waals surface area (Å²) in [5.41, 5.74) is 8.89. The van der Waals surface area contributed by atoms with Gasteiger partial charge in [-0.3, -0.25) is 4.99 Å². The number of aryl methyl sites for hydroxylation is 1. The molecule has 2 heterocycles. The summed E-state index contributed by atoms with van der Waals surface area (Å²) in [4.78, 5) is 4.41. The normalized spacial score (nSPS) is 18.3. The molecule has 1 aliphatic heterocycles. The Labute approximate surface area is 189 Å². The Kier molecular flexibility index (Phi) is 4.92. The summed E-state index contributed by atoms with van der Waals surface area (Å²) in [5.74, 6) is 1.13. The van der Waals surface area contributed by atoms with Crippen LogP contribution in [0.3, 0.4) is 0 Å². The maximum atomic E-state index is 6.44. The zero-order valence-electron chi connectivity index (χ0n) is 18.5. The van der Waals surface area contributed by atoms with Gasteiger partial charge in [-0.25, -0.2) is 0 Å². The molecule has 6 rings (SSSR count). The number of nitrogens with one attached hydrogen (secondary N) is 1. The maximum Gasteiger partial charge on any atom is 0.134 e. The summed E-state index contributed by atoms with van der Waals surface area (Å²) in [5, 5.41) is 5.10. The van der Waals surface area contributed by atoms with Crippen LogP contribution >= 0.6 is 0 Å². The average molecular weight is 421 g/mol. The van der Waals surface area contributed by atoms with Crippen molar-refractivity contribution < 1.29 is 4.42 Å². The van der Waals surface area contributed by atoms with E-state index in [1.54, 1.807) is 0 Å². The topological polar surface area (TPSA) is 37.5 Å². The molecule has 0 amide bonds. The van der Waals surface area contributed by atoms with Gasteiger partial charge in [-0.15, -0.1) is 0 Å². The van der Waals surface area contributed by atoms with Crippen molar-refractivity contribution in [3.8, 4) is 11.1 Å². The molecule has 0 saturated carbocycles. The van der Waals surface area contributed by atoms with Crippen LogP contribution < -0.4 is 5.32 Å². The molecule has 1 aromatic heterocycles. The highest BCUT2D eigenvalue weighted by Crippen LogP contribution is 2.40. The second-order valence-electron chi connectivity index (χ2n) is 9.10. The Hall–Kier alpha value is -3.17. The van der Waals surface area contributed by atoms with E-state index in [9.17, 15) is 0 Å². The van der Waals surface area contributed by atoms with Gasteiger partial charge in [0.1, 0.15) is 11.3 Å². The molecule has 0 saturated heterocycles. The van der Waals surface area contributed by atoms with Gasteiger partial charge < -0.3 is 9.73 Å². The van der Waals surface area contributed by atoms with Gasteiger partial charge in [0.15, 0.2) is 0 Å². The van der Waals surface area contributed by atoms with Crippen LogP contribution in [-0.4, -0.2) is 12.8 Å². The predicted molar refractivity (Wildman–Crippen MR) is 131 cm³/mol. The van der Waals surface area contributed by atoms with Gasteiger partial charge in [0.05, 0.1) is 6.04 Å². The van der Waals surface area contributed by atoms with Gasteiger partial charge in [0.2, 0.25) is 0 Å². The lowest BCUT2D eigenvalue weighted by Gasteiger charge is -2.26. The fraction of sp³-hybridized carbons (Fsp3) is 0.276. The SMILES string of the molecule is CC(NC1CCCc2c1oc1ccc(-c3ccc4c(c3)CCN=C4)cc21)c1ccccc1. The first-order valence-corrected chi connectivity index (χ1v) is 11.8. The van der Waals surface area contributed by atoms with E-state index in [0.29, 0.717) is 0 Å². The number of nitrogens with zero attached hydrogens (tertiary/aromatic N) is 1. The van der Waals surface area contributed by atoms with Gasteiger partial charge in [-0.1, -0.05) is 54.6 Å². The van der Waals surface area contributed by atoms with E-state index in [4.69, 9.17) is 4.42 Å². The first kappa shape index (κ1) is 19.5.